The Morgan fingerprint density at radius 3 is 1.28 bits per heavy atom. The number of unbranched alkanes of at least 4 members (excludes halogenated alkanes) is 17. The summed E-state index contributed by atoms with van der Waals surface area (Å²) < 4.78 is 0. The van der Waals surface area contributed by atoms with Gasteiger partial charge in [0.2, 0.25) is 5.91 Å². The molecule has 36 heavy (non-hydrogen) atoms. The van der Waals surface area contributed by atoms with Crippen LogP contribution in [0.2, 0.25) is 0 Å². The first kappa shape index (κ1) is 35.4. The van der Waals surface area contributed by atoms with Gasteiger partial charge in [-0.25, -0.2) is 0 Å². The number of aliphatic hydroxyl groups is 1. The van der Waals surface area contributed by atoms with E-state index in [-0.39, 0.29) is 6.61 Å². The summed E-state index contributed by atoms with van der Waals surface area (Å²) in [5, 5.41) is 9.34. The summed E-state index contributed by atoms with van der Waals surface area (Å²) in [5.41, 5.74) is 0. The van der Waals surface area contributed by atoms with Gasteiger partial charge in [-0.1, -0.05) is 124 Å². The molecule has 0 aliphatic carbocycles. The number of carbonyl (C=O) groups is 1. The minimum Gasteiger partial charge on any atom is -0.395 e. The van der Waals surface area contributed by atoms with Gasteiger partial charge in [-0.15, -0.1) is 0 Å². The third kappa shape index (κ3) is 23.8. The van der Waals surface area contributed by atoms with Crippen LogP contribution in [-0.2, 0) is 4.79 Å². The summed E-state index contributed by atoms with van der Waals surface area (Å²) in [6.07, 6.45) is 27.3. The Morgan fingerprint density at radius 2 is 0.833 bits per heavy atom. The number of hydrogen-bond acceptors (Lipinski definition) is 3. The van der Waals surface area contributed by atoms with Crippen LogP contribution >= 0.6 is 0 Å². The van der Waals surface area contributed by atoms with E-state index >= 15 is 0 Å². The predicted octanol–water partition coefficient (Wildman–Crippen LogP) is 8.75. The predicted molar refractivity (Wildman–Crippen MR) is 159 cm³/mol. The van der Waals surface area contributed by atoms with E-state index in [2.05, 4.69) is 30.6 Å². The average molecular weight is 511 g/mol. The maximum absolute atomic E-state index is 13.0. The number of rotatable bonds is 29. The van der Waals surface area contributed by atoms with Crippen LogP contribution in [0.25, 0.3) is 0 Å². The lowest BCUT2D eigenvalue weighted by Gasteiger charge is -2.23. The van der Waals surface area contributed by atoms with Gasteiger partial charge in [-0.3, -0.25) is 4.79 Å². The van der Waals surface area contributed by atoms with Crippen LogP contribution in [0, 0.1) is 0 Å². The molecule has 0 saturated heterocycles. The first-order chi connectivity index (χ1) is 17.7. The number of hydrogen-bond donors (Lipinski definition) is 1. The van der Waals surface area contributed by atoms with Crippen molar-refractivity contribution in [1.82, 2.24) is 9.80 Å². The van der Waals surface area contributed by atoms with Gasteiger partial charge >= 0.3 is 0 Å². The van der Waals surface area contributed by atoms with Crippen molar-refractivity contribution in [2.24, 2.45) is 0 Å². The van der Waals surface area contributed by atoms with E-state index in [0.717, 1.165) is 45.6 Å². The Labute approximate surface area is 227 Å². The molecule has 0 aliphatic rings. The Balaban J connectivity index is 4.10. The largest absolute Gasteiger partial charge is 0.395 e. The van der Waals surface area contributed by atoms with E-state index < -0.39 is 0 Å². The molecule has 0 spiro atoms. The maximum Gasteiger partial charge on any atom is 0.222 e. The summed E-state index contributed by atoms with van der Waals surface area (Å²) in [7, 11) is 0. The zero-order valence-corrected chi connectivity index (χ0v) is 25.0. The summed E-state index contributed by atoms with van der Waals surface area (Å²) in [4.78, 5) is 17.6. The van der Waals surface area contributed by atoms with Crippen molar-refractivity contribution in [3.8, 4) is 0 Å². The smallest absolute Gasteiger partial charge is 0.222 e. The molecular weight excluding hydrogens is 444 g/mol. The highest BCUT2D eigenvalue weighted by Crippen LogP contribution is 2.13. The van der Waals surface area contributed by atoms with Crippen molar-refractivity contribution in [1.29, 1.82) is 0 Å². The summed E-state index contributed by atoms with van der Waals surface area (Å²) in [6, 6.07) is 0. The third-order valence-electron chi connectivity index (χ3n) is 7.52. The number of carbonyl (C=O) groups excluding carboxylic acids is 1. The maximum atomic E-state index is 13.0. The quantitative estimate of drug-likeness (QED) is 0.102. The molecule has 0 aromatic carbocycles. The number of amides is 1. The average Bonchev–Trinajstić information content (AvgIpc) is 2.88. The van der Waals surface area contributed by atoms with Crippen LogP contribution in [0.4, 0.5) is 0 Å². The molecule has 0 rings (SSSR count). The van der Waals surface area contributed by atoms with E-state index in [9.17, 15) is 9.90 Å². The molecular formula is C32H66N2O2. The number of aliphatic hydroxyl groups excluding tert-OH is 1. The first-order valence-corrected chi connectivity index (χ1v) is 16.3. The van der Waals surface area contributed by atoms with Crippen LogP contribution in [0.1, 0.15) is 162 Å². The second kappa shape index (κ2) is 29.0. The fourth-order valence-corrected chi connectivity index (χ4v) is 5.07. The Kier molecular flexibility index (Phi) is 28.5. The molecule has 0 aromatic heterocycles. The Morgan fingerprint density at radius 1 is 0.472 bits per heavy atom. The minimum atomic E-state index is 0.268. The van der Waals surface area contributed by atoms with Crippen LogP contribution in [0.5, 0.6) is 0 Å². The molecule has 1 N–H and O–H groups in total. The topological polar surface area (TPSA) is 43.8 Å². The van der Waals surface area contributed by atoms with Gasteiger partial charge in [0.1, 0.15) is 0 Å². The van der Waals surface area contributed by atoms with Gasteiger partial charge < -0.3 is 14.9 Å². The van der Waals surface area contributed by atoms with Crippen LogP contribution in [-0.4, -0.2) is 60.1 Å². The second-order valence-corrected chi connectivity index (χ2v) is 11.1. The van der Waals surface area contributed by atoms with Crippen molar-refractivity contribution in [3.05, 3.63) is 0 Å². The lowest BCUT2D eigenvalue weighted by Crippen LogP contribution is -2.32. The van der Waals surface area contributed by atoms with Crippen molar-refractivity contribution in [2.45, 2.75) is 162 Å². The molecule has 0 aliphatic heterocycles. The number of nitrogens with zero attached hydrogens (tertiary/aromatic N) is 2. The molecule has 4 nitrogen and oxygen atoms in total. The summed E-state index contributed by atoms with van der Waals surface area (Å²) in [5.74, 6) is 0.401. The third-order valence-corrected chi connectivity index (χ3v) is 7.52. The fourth-order valence-electron chi connectivity index (χ4n) is 5.07. The van der Waals surface area contributed by atoms with Gasteiger partial charge in [0, 0.05) is 26.1 Å². The molecule has 216 valence electrons. The summed E-state index contributed by atoms with van der Waals surface area (Å²) >= 11 is 0. The minimum absolute atomic E-state index is 0.268. The molecule has 0 saturated carbocycles. The van der Waals surface area contributed by atoms with E-state index in [4.69, 9.17) is 0 Å². The van der Waals surface area contributed by atoms with Gasteiger partial charge in [0.15, 0.2) is 0 Å². The van der Waals surface area contributed by atoms with E-state index in [1.807, 2.05) is 0 Å². The van der Waals surface area contributed by atoms with Crippen molar-refractivity contribution < 1.29 is 9.90 Å². The van der Waals surface area contributed by atoms with Crippen molar-refractivity contribution in [2.75, 3.05) is 39.3 Å². The zero-order valence-electron chi connectivity index (χ0n) is 25.0. The Hall–Kier alpha value is -0.610. The fraction of sp³-hybridized carbons (Fsp3) is 0.969. The zero-order chi connectivity index (χ0) is 26.5. The van der Waals surface area contributed by atoms with E-state index in [1.165, 1.54) is 128 Å². The molecule has 0 atom stereocenters. The van der Waals surface area contributed by atoms with Gasteiger partial charge in [0.05, 0.1) is 6.61 Å². The highest BCUT2D eigenvalue weighted by molar-refractivity contribution is 5.76. The van der Waals surface area contributed by atoms with E-state index in [1.54, 1.807) is 0 Å². The standard InChI is InChI=1S/C32H66N2O2/c1-4-7-10-13-18-23-28-34(29-24-19-14-11-8-5-2)32(36)25-20-16-15-17-22-27-33(30-31-35)26-21-12-9-6-3/h35H,4-31H2,1-3H3. The molecule has 0 heterocycles. The molecule has 0 aromatic rings. The van der Waals surface area contributed by atoms with Crippen LogP contribution < -0.4 is 0 Å². The second-order valence-electron chi connectivity index (χ2n) is 11.1. The van der Waals surface area contributed by atoms with Gasteiger partial charge in [0.25, 0.3) is 0 Å². The molecule has 4 heteroatoms. The molecule has 0 fully saturated rings. The SMILES string of the molecule is CCCCCCCCN(CCCCCCCC)C(=O)CCCCCCCN(CCO)CCCCCC. The molecule has 0 bridgehead atoms. The summed E-state index contributed by atoms with van der Waals surface area (Å²) in [6.45, 7) is 12.0. The molecule has 1 amide bonds. The van der Waals surface area contributed by atoms with Crippen LogP contribution in [0.15, 0.2) is 0 Å². The lowest BCUT2D eigenvalue weighted by atomic mass is 10.1. The van der Waals surface area contributed by atoms with E-state index in [0.29, 0.717) is 5.91 Å². The highest BCUT2D eigenvalue weighted by atomic mass is 16.3. The van der Waals surface area contributed by atoms with Crippen molar-refractivity contribution >= 4 is 5.91 Å². The van der Waals surface area contributed by atoms with Crippen LogP contribution in [0.3, 0.4) is 0 Å². The lowest BCUT2D eigenvalue weighted by molar-refractivity contribution is -0.131. The van der Waals surface area contributed by atoms with Crippen molar-refractivity contribution in [3.63, 3.8) is 0 Å². The normalized spacial score (nSPS) is 11.5. The first-order valence-electron chi connectivity index (χ1n) is 16.3. The molecule has 0 unspecified atom stereocenters. The molecule has 0 radical (unpaired) electrons. The van der Waals surface area contributed by atoms with Gasteiger partial charge in [-0.2, -0.15) is 0 Å². The Bertz CT molecular complexity index is 428. The highest BCUT2D eigenvalue weighted by Gasteiger charge is 2.12. The monoisotopic (exact) mass is 511 g/mol. The van der Waals surface area contributed by atoms with Gasteiger partial charge in [-0.05, 0) is 45.2 Å².